The SMILES string of the molecule is CNC(=O)C1(Cc2cccc(-c3ccncc3)c2)CN(C(=O)CCc2ccccc2)CCO1. The van der Waals surface area contributed by atoms with Crippen molar-refractivity contribution in [1.82, 2.24) is 15.2 Å². The second kappa shape index (κ2) is 10.4. The number of pyridine rings is 1. The summed E-state index contributed by atoms with van der Waals surface area (Å²) in [4.78, 5) is 31.9. The first-order valence-corrected chi connectivity index (χ1v) is 11.3. The van der Waals surface area contributed by atoms with Crippen molar-refractivity contribution in [2.75, 3.05) is 26.7 Å². The largest absolute Gasteiger partial charge is 0.361 e. The standard InChI is InChI=1S/C27H29N3O3/c1-28-26(32)27(19-22-8-5-9-24(18-22)23-12-14-29-15-13-23)20-30(16-17-33-27)25(31)11-10-21-6-3-2-4-7-21/h2-9,12-15,18H,10-11,16-17,19-20H2,1H3,(H,28,32). The molecule has 1 aliphatic heterocycles. The van der Waals surface area contributed by atoms with Crippen molar-refractivity contribution in [2.45, 2.75) is 24.9 Å². The van der Waals surface area contributed by atoms with Crippen molar-refractivity contribution in [3.63, 3.8) is 0 Å². The average Bonchev–Trinajstić information content (AvgIpc) is 2.88. The molecule has 6 nitrogen and oxygen atoms in total. The van der Waals surface area contributed by atoms with Gasteiger partial charge in [-0.1, -0.05) is 54.6 Å². The van der Waals surface area contributed by atoms with E-state index in [9.17, 15) is 9.59 Å². The fraction of sp³-hybridized carbons (Fsp3) is 0.296. The summed E-state index contributed by atoms with van der Waals surface area (Å²) >= 11 is 0. The average molecular weight is 444 g/mol. The molecule has 2 heterocycles. The highest BCUT2D eigenvalue weighted by Gasteiger charge is 2.44. The van der Waals surface area contributed by atoms with Crippen molar-refractivity contribution in [3.05, 3.63) is 90.3 Å². The lowest BCUT2D eigenvalue weighted by molar-refractivity contribution is -0.165. The number of morpholine rings is 1. The smallest absolute Gasteiger partial charge is 0.254 e. The molecule has 1 unspecified atom stereocenters. The van der Waals surface area contributed by atoms with Gasteiger partial charge in [0.2, 0.25) is 5.91 Å². The van der Waals surface area contributed by atoms with E-state index in [1.807, 2.05) is 60.7 Å². The molecule has 1 fully saturated rings. The monoisotopic (exact) mass is 443 g/mol. The van der Waals surface area contributed by atoms with Crippen molar-refractivity contribution < 1.29 is 14.3 Å². The number of carbonyl (C=O) groups excluding carboxylic acids is 2. The van der Waals surface area contributed by atoms with Crippen molar-refractivity contribution in [3.8, 4) is 11.1 Å². The number of carbonyl (C=O) groups is 2. The Bertz CT molecular complexity index is 1090. The maximum Gasteiger partial charge on any atom is 0.254 e. The zero-order valence-corrected chi connectivity index (χ0v) is 18.9. The van der Waals surface area contributed by atoms with Crippen LogP contribution in [0, 0.1) is 0 Å². The van der Waals surface area contributed by atoms with Crippen LogP contribution in [0.15, 0.2) is 79.1 Å². The van der Waals surface area contributed by atoms with Crippen molar-refractivity contribution >= 4 is 11.8 Å². The van der Waals surface area contributed by atoms with Crippen LogP contribution in [-0.4, -0.2) is 54.0 Å². The zero-order chi connectivity index (χ0) is 23.1. The van der Waals surface area contributed by atoms with Crippen molar-refractivity contribution in [1.29, 1.82) is 0 Å². The minimum absolute atomic E-state index is 0.0426. The topological polar surface area (TPSA) is 71.5 Å². The van der Waals surface area contributed by atoms with Crippen LogP contribution in [0.2, 0.25) is 0 Å². The zero-order valence-electron chi connectivity index (χ0n) is 18.9. The van der Waals surface area contributed by atoms with Gasteiger partial charge >= 0.3 is 0 Å². The summed E-state index contributed by atoms with van der Waals surface area (Å²) < 4.78 is 6.10. The van der Waals surface area contributed by atoms with E-state index < -0.39 is 5.60 Å². The fourth-order valence-electron chi connectivity index (χ4n) is 4.34. The number of amides is 2. The third-order valence-corrected chi connectivity index (χ3v) is 6.08. The Kier molecular flexibility index (Phi) is 7.15. The molecule has 0 radical (unpaired) electrons. The summed E-state index contributed by atoms with van der Waals surface area (Å²) in [5.74, 6) is -0.168. The predicted octanol–water partition coefficient (Wildman–Crippen LogP) is 3.27. The molecule has 170 valence electrons. The van der Waals surface area contributed by atoms with Gasteiger partial charge in [0.25, 0.3) is 5.91 Å². The molecule has 0 spiro atoms. The number of rotatable bonds is 7. The van der Waals surface area contributed by atoms with Gasteiger partial charge in [-0.2, -0.15) is 0 Å². The van der Waals surface area contributed by atoms with Crippen LogP contribution in [0.25, 0.3) is 11.1 Å². The van der Waals surface area contributed by atoms with E-state index in [1.54, 1.807) is 24.3 Å². The molecule has 1 saturated heterocycles. The highest BCUT2D eigenvalue weighted by atomic mass is 16.5. The number of ether oxygens (including phenoxy) is 1. The lowest BCUT2D eigenvalue weighted by atomic mass is 9.89. The maximum absolute atomic E-state index is 13.0. The minimum atomic E-state index is -1.12. The molecule has 2 aromatic carbocycles. The van der Waals surface area contributed by atoms with Crippen LogP contribution in [0.5, 0.6) is 0 Å². The molecule has 0 aliphatic carbocycles. The van der Waals surface area contributed by atoms with E-state index in [0.29, 0.717) is 32.4 Å². The number of hydrogen-bond donors (Lipinski definition) is 1. The molecule has 0 bridgehead atoms. The van der Waals surface area contributed by atoms with E-state index in [2.05, 4.69) is 16.4 Å². The van der Waals surface area contributed by atoms with Gasteiger partial charge in [0.15, 0.2) is 5.60 Å². The van der Waals surface area contributed by atoms with E-state index in [-0.39, 0.29) is 18.4 Å². The van der Waals surface area contributed by atoms with E-state index in [4.69, 9.17) is 4.74 Å². The van der Waals surface area contributed by atoms with E-state index in [0.717, 1.165) is 22.3 Å². The summed E-state index contributed by atoms with van der Waals surface area (Å²) in [5, 5.41) is 2.75. The van der Waals surface area contributed by atoms with Crippen LogP contribution < -0.4 is 5.32 Å². The predicted molar refractivity (Wildman–Crippen MR) is 127 cm³/mol. The molecule has 3 aromatic rings. The van der Waals surface area contributed by atoms with Gasteiger partial charge in [-0.25, -0.2) is 0 Å². The van der Waals surface area contributed by atoms with Gasteiger partial charge in [0.05, 0.1) is 13.2 Å². The van der Waals surface area contributed by atoms with Crippen molar-refractivity contribution in [2.24, 2.45) is 0 Å². The highest BCUT2D eigenvalue weighted by Crippen LogP contribution is 2.27. The van der Waals surface area contributed by atoms with Gasteiger partial charge < -0.3 is 15.0 Å². The van der Waals surface area contributed by atoms with Gasteiger partial charge in [-0.05, 0) is 40.8 Å². The Hall–Kier alpha value is -3.51. The Balaban J connectivity index is 1.51. The Labute approximate surface area is 194 Å². The van der Waals surface area contributed by atoms with E-state index >= 15 is 0 Å². The summed E-state index contributed by atoms with van der Waals surface area (Å²) in [6, 6.07) is 22.0. The summed E-state index contributed by atoms with van der Waals surface area (Å²) in [7, 11) is 1.61. The number of nitrogens with zero attached hydrogens (tertiary/aromatic N) is 2. The summed E-state index contributed by atoms with van der Waals surface area (Å²) in [5.41, 5.74) is 3.10. The molecule has 1 N–H and O–H groups in total. The van der Waals surface area contributed by atoms with Crippen LogP contribution >= 0.6 is 0 Å². The lowest BCUT2D eigenvalue weighted by Gasteiger charge is -2.41. The van der Waals surface area contributed by atoms with Gasteiger partial charge in [-0.3, -0.25) is 14.6 Å². The molecule has 1 aromatic heterocycles. The third-order valence-electron chi connectivity index (χ3n) is 6.08. The minimum Gasteiger partial charge on any atom is -0.361 e. The summed E-state index contributed by atoms with van der Waals surface area (Å²) in [6.45, 7) is 1.05. The molecule has 6 heteroatoms. The molecular formula is C27H29N3O3. The molecule has 33 heavy (non-hydrogen) atoms. The first-order valence-electron chi connectivity index (χ1n) is 11.3. The van der Waals surface area contributed by atoms with Gasteiger partial charge in [0, 0.05) is 38.8 Å². The van der Waals surface area contributed by atoms with Crippen LogP contribution in [0.3, 0.4) is 0 Å². The van der Waals surface area contributed by atoms with Crippen LogP contribution in [0.1, 0.15) is 17.5 Å². The quantitative estimate of drug-likeness (QED) is 0.608. The first-order chi connectivity index (χ1) is 16.1. The lowest BCUT2D eigenvalue weighted by Crippen LogP contribution is -2.61. The summed E-state index contributed by atoms with van der Waals surface area (Å²) in [6.07, 6.45) is 4.99. The Morgan fingerprint density at radius 1 is 1.00 bits per heavy atom. The van der Waals surface area contributed by atoms with Gasteiger partial charge in [-0.15, -0.1) is 0 Å². The number of aromatic nitrogens is 1. The Morgan fingerprint density at radius 3 is 2.52 bits per heavy atom. The maximum atomic E-state index is 13.0. The molecule has 1 atom stereocenters. The highest BCUT2D eigenvalue weighted by molar-refractivity contribution is 5.87. The number of aryl methyl sites for hydroxylation is 1. The third kappa shape index (κ3) is 5.46. The molecule has 2 amide bonds. The molecular weight excluding hydrogens is 414 g/mol. The normalized spacial score (nSPS) is 18.0. The van der Waals surface area contributed by atoms with E-state index in [1.165, 1.54) is 0 Å². The second-order valence-corrected chi connectivity index (χ2v) is 8.34. The van der Waals surface area contributed by atoms with Crippen LogP contribution in [-0.2, 0) is 27.2 Å². The number of benzene rings is 2. The van der Waals surface area contributed by atoms with Crippen LogP contribution in [0.4, 0.5) is 0 Å². The molecule has 0 saturated carbocycles. The second-order valence-electron chi connectivity index (χ2n) is 8.34. The number of likely N-dealkylation sites (N-methyl/N-ethyl adjacent to an activating group) is 1. The number of nitrogens with one attached hydrogen (secondary N) is 1. The van der Waals surface area contributed by atoms with Gasteiger partial charge in [0.1, 0.15) is 0 Å². The fourth-order valence-corrected chi connectivity index (χ4v) is 4.34. The Morgan fingerprint density at radius 2 is 1.76 bits per heavy atom. The molecule has 1 aliphatic rings. The molecule has 4 rings (SSSR count). The number of hydrogen-bond acceptors (Lipinski definition) is 4. The first kappa shape index (κ1) is 22.7.